The third-order valence-corrected chi connectivity index (χ3v) is 11.6. The molecule has 0 bridgehead atoms. The standard InChI is InChI=1S/C38H38N2O9S3.2H3N/c1-4-39(26-28-10-8-12-34(24-28)50(41,42)43)32-20-16-30(17-21-32)38(36-14-6-7-15-37(36)52(47,48)49-3)31-18-22-33(23-19-31)40(5-2)27-29-11-9-13-35(25-29)51(44,45)46;;/h6-25H,4-5,26-27H2,1-3H3,(H-,41,42,43,44,45,46);2*1H3/p+3. The molecule has 0 atom stereocenters. The minimum atomic E-state index is -4.35. The third-order valence-electron chi connectivity index (χ3n) is 8.59. The van der Waals surface area contributed by atoms with Crippen molar-refractivity contribution >= 4 is 47.3 Å². The molecule has 5 rings (SSSR count). The van der Waals surface area contributed by atoms with E-state index in [0.717, 1.165) is 29.6 Å². The molecule has 0 spiro atoms. The summed E-state index contributed by atoms with van der Waals surface area (Å²) < 4.78 is 99.0. The van der Waals surface area contributed by atoms with Crippen LogP contribution in [0.3, 0.4) is 0 Å². The fraction of sp³-hybridized carbons (Fsp3) is 0.184. The van der Waals surface area contributed by atoms with E-state index in [1.807, 2.05) is 71.9 Å². The van der Waals surface area contributed by atoms with Crippen LogP contribution >= 0.6 is 0 Å². The summed E-state index contributed by atoms with van der Waals surface area (Å²) in [5.41, 5.74) is 5.61. The van der Waals surface area contributed by atoms with Gasteiger partial charge in [0, 0.05) is 42.1 Å². The Balaban J connectivity index is 0.00000392. The van der Waals surface area contributed by atoms with E-state index in [9.17, 15) is 34.4 Å². The van der Waals surface area contributed by atoms with Crippen LogP contribution in [0, 0.1) is 0 Å². The molecule has 1 aliphatic carbocycles. The predicted octanol–water partition coefficient (Wildman–Crippen LogP) is 6.90. The van der Waals surface area contributed by atoms with Crippen molar-refractivity contribution in [1.29, 1.82) is 0 Å². The van der Waals surface area contributed by atoms with Gasteiger partial charge in [0.25, 0.3) is 30.4 Å². The van der Waals surface area contributed by atoms with Gasteiger partial charge in [-0.1, -0.05) is 54.6 Å². The van der Waals surface area contributed by atoms with Crippen molar-refractivity contribution in [3.8, 4) is 0 Å². The van der Waals surface area contributed by atoms with E-state index in [4.69, 9.17) is 4.18 Å². The van der Waals surface area contributed by atoms with Gasteiger partial charge in [-0.25, -0.2) is 4.58 Å². The molecular weight excluding hydrogens is 753 g/mol. The van der Waals surface area contributed by atoms with Crippen molar-refractivity contribution < 1.29 is 43.1 Å². The van der Waals surface area contributed by atoms with E-state index < -0.39 is 30.4 Å². The molecule has 0 fully saturated rings. The maximum atomic E-state index is 13.1. The summed E-state index contributed by atoms with van der Waals surface area (Å²) >= 11 is 0. The largest absolute Gasteiger partial charge is 0.369 e. The molecule has 0 radical (unpaired) electrons. The maximum Gasteiger partial charge on any atom is 0.297 e. The zero-order valence-corrected chi connectivity index (χ0v) is 33.2. The van der Waals surface area contributed by atoms with Gasteiger partial charge in [0.05, 0.1) is 16.9 Å². The van der Waals surface area contributed by atoms with Crippen LogP contribution in [0.4, 0.5) is 5.69 Å². The second-order valence-corrected chi connectivity index (χ2v) is 16.4. The van der Waals surface area contributed by atoms with Crippen LogP contribution in [0.1, 0.15) is 36.1 Å². The minimum Gasteiger partial charge on any atom is -0.369 e. The summed E-state index contributed by atoms with van der Waals surface area (Å²) in [6, 6.07) is 26.5. The zero-order chi connectivity index (χ0) is 37.7. The highest BCUT2D eigenvalue weighted by Gasteiger charge is 2.24. The van der Waals surface area contributed by atoms with Gasteiger partial charge in [0.15, 0.2) is 12.3 Å². The molecular formula is C38H47N4O9S3+3. The monoisotopic (exact) mass is 799 g/mol. The van der Waals surface area contributed by atoms with Crippen molar-refractivity contribution in [2.75, 3.05) is 25.1 Å². The zero-order valence-electron chi connectivity index (χ0n) is 30.7. The summed E-state index contributed by atoms with van der Waals surface area (Å²) in [6.45, 7) is 5.87. The Labute approximate surface area is 317 Å². The lowest BCUT2D eigenvalue weighted by Gasteiger charge is -2.24. The van der Waals surface area contributed by atoms with E-state index in [-0.39, 0.29) is 27.0 Å². The smallest absolute Gasteiger partial charge is 0.297 e. The van der Waals surface area contributed by atoms with Crippen molar-refractivity contribution in [2.24, 2.45) is 0 Å². The Morgan fingerprint density at radius 3 is 1.80 bits per heavy atom. The van der Waals surface area contributed by atoms with E-state index in [1.165, 1.54) is 30.3 Å². The molecule has 0 unspecified atom stereocenters. The summed E-state index contributed by atoms with van der Waals surface area (Å²) in [4.78, 5) is 1.68. The van der Waals surface area contributed by atoms with Gasteiger partial charge in [-0.3, -0.25) is 13.3 Å². The lowest BCUT2D eigenvalue weighted by atomic mass is 9.90. The molecule has 4 aromatic rings. The van der Waals surface area contributed by atoms with Gasteiger partial charge in [-0.2, -0.15) is 25.3 Å². The Hall–Kier alpha value is -4.78. The highest BCUT2D eigenvalue weighted by molar-refractivity contribution is 7.87. The van der Waals surface area contributed by atoms with Crippen LogP contribution in [0.15, 0.2) is 142 Å². The molecule has 54 heavy (non-hydrogen) atoms. The number of rotatable bonds is 13. The molecule has 10 N–H and O–H groups in total. The Morgan fingerprint density at radius 1 is 0.704 bits per heavy atom. The summed E-state index contributed by atoms with van der Waals surface area (Å²) in [7, 11) is -11.7. The number of quaternary nitrogens is 2. The molecule has 4 aromatic carbocycles. The van der Waals surface area contributed by atoms with Crippen LogP contribution in [-0.4, -0.2) is 64.8 Å². The van der Waals surface area contributed by atoms with Gasteiger partial charge in [0.2, 0.25) is 0 Å². The topological polar surface area (TPSA) is 231 Å². The molecule has 0 amide bonds. The van der Waals surface area contributed by atoms with E-state index in [1.54, 1.807) is 42.5 Å². The Bertz CT molecular complexity index is 2420. The van der Waals surface area contributed by atoms with Gasteiger partial charge < -0.3 is 17.2 Å². The average molecular weight is 800 g/mol. The second kappa shape index (κ2) is 18.0. The van der Waals surface area contributed by atoms with Crippen LogP contribution in [0.25, 0.3) is 5.57 Å². The lowest BCUT2D eigenvalue weighted by Crippen LogP contribution is -2.22. The molecule has 1 aliphatic rings. The second-order valence-electron chi connectivity index (χ2n) is 11.9. The van der Waals surface area contributed by atoms with E-state index in [2.05, 4.69) is 0 Å². The van der Waals surface area contributed by atoms with Gasteiger partial charge in [-0.15, -0.1) is 0 Å². The van der Waals surface area contributed by atoms with Crippen molar-refractivity contribution in [1.82, 2.24) is 12.3 Å². The van der Waals surface area contributed by atoms with Gasteiger partial charge in [-0.05, 0) is 90.7 Å². The lowest BCUT2D eigenvalue weighted by molar-refractivity contribution is -0.539. The van der Waals surface area contributed by atoms with Crippen molar-refractivity contribution in [3.05, 3.63) is 149 Å². The van der Waals surface area contributed by atoms with Crippen molar-refractivity contribution in [3.63, 3.8) is 0 Å². The molecule has 0 aliphatic heterocycles. The molecule has 0 saturated carbocycles. The molecule has 0 heterocycles. The number of allylic oxidation sites excluding steroid dienone is 5. The number of hydrogen-bond donors (Lipinski definition) is 4. The molecule has 288 valence electrons. The first-order valence-corrected chi connectivity index (χ1v) is 20.5. The first kappa shape index (κ1) is 43.6. The number of nitrogens with zero attached hydrogens (tertiary/aromatic N) is 2. The van der Waals surface area contributed by atoms with Crippen molar-refractivity contribution in [2.45, 2.75) is 41.6 Å². The van der Waals surface area contributed by atoms with E-state index in [0.29, 0.717) is 48.4 Å². The Kier molecular flexibility index (Phi) is 14.6. The predicted molar refractivity (Wildman–Crippen MR) is 212 cm³/mol. The fourth-order valence-electron chi connectivity index (χ4n) is 5.96. The first-order valence-electron chi connectivity index (χ1n) is 16.2. The van der Waals surface area contributed by atoms with Crippen LogP contribution < -0.4 is 17.2 Å². The quantitative estimate of drug-likeness (QED) is 0.0621. The Morgan fingerprint density at radius 2 is 1.26 bits per heavy atom. The minimum absolute atomic E-state index is 0. The van der Waals surface area contributed by atoms with E-state index >= 15 is 0 Å². The summed E-state index contributed by atoms with van der Waals surface area (Å²) in [6.07, 6.45) is 7.61. The number of anilines is 1. The number of hydrogen-bond acceptors (Lipinski definition) is 8. The maximum absolute atomic E-state index is 13.1. The van der Waals surface area contributed by atoms with Crippen LogP contribution in [0.2, 0.25) is 0 Å². The molecule has 0 saturated heterocycles. The SMILES string of the molecule is CCN(Cc1cccc(S(=O)(=O)O)c1)c1ccc(C(=C2C=CC(=[N+](CC)Cc3cccc(S(=O)(=O)O)c3)C=C2)c2ccccc2S(=O)(=O)OC)cc1.[NH4+].[NH4+]. The normalized spacial score (nSPS) is 12.8. The van der Waals surface area contributed by atoms with Crippen LogP contribution in [0.5, 0.6) is 0 Å². The summed E-state index contributed by atoms with van der Waals surface area (Å²) in [5.74, 6) is 0. The number of benzene rings is 4. The van der Waals surface area contributed by atoms with Gasteiger partial charge in [0.1, 0.15) is 11.4 Å². The third kappa shape index (κ3) is 10.2. The highest BCUT2D eigenvalue weighted by Crippen LogP contribution is 2.35. The average Bonchev–Trinajstić information content (AvgIpc) is 3.13. The molecule has 16 heteroatoms. The summed E-state index contributed by atoms with van der Waals surface area (Å²) in [5, 5.41) is 0. The van der Waals surface area contributed by atoms with Gasteiger partial charge >= 0.3 is 0 Å². The molecule has 13 nitrogen and oxygen atoms in total. The first-order chi connectivity index (χ1) is 24.6. The highest BCUT2D eigenvalue weighted by atomic mass is 32.2. The molecule has 0 aromatic heterocycles. The fourth-order valence-corrected chi connectivity index (χ4v) is 7.92. The van der Waals surface area contributed by atoms with Crippen LogP contribution in [-0.2, 0) is 47.6 Å².